The van der Waals surface area contributed by atoms with E-state index in [2.05, 4.69) is 16.9 Å². The van der Waals surface area contributed by atoms with Crippen LogP contribution in [-0.4, -0.2) is 29.0 Å². The molecule has 0 radical (unpaired) electrons. The van der Waals surface area contributed by atoms with Crippen LogP contribution < -0.4 is 5.73 Å². The van der Waals surface area contributed by atoms with E-state index in [0.29, 0.717) is 12.0 Å². The van der Waals surface area contributed by atoms with E-state index in [9.17, 15) is 0 Å². The molecule has 2 unspecified atom stereocenters. The molecule has 0 amide bonds. The molecular weight excluding hydrogens is 250 g/mol. The van der Waals surface area contributed by atoms with Gasteiger partial charge in [-0.2, -0.15) is 5.10 Å². The van der Waals surface area contributed by atoms with Crippen molar-refractivity contribution in [3.05, 3.63) is 18.0 Å². The van der Waals surface area contributed by atoms with Crippen molar-refractivity contribution in [1.29, 1.82) is 0 Å². The third-order valence-electron chi connectivity index (χ3n) is 4.84. The Morgan fingerprint density at radius 2 is 2.05 bits per heavy atom. The summed E-state index contributed by atoms with van der Waals surface area (Å²) < 4.78 is 7.74. The molecule has 1 aromatic rings. The van der Waals surface area contributed by atoms with Crippen LogP contribution in [0.5, 0.6) is 0 Å². The van der Waals surface area contributed by atoms with Crippen molar-refractivity contribution in [2.45, 2.75) is 69.6 Å². The number of rotatable bonds is 6. The maximum Gasteiger partial charge on any atom is 0.0754 e. The average molecular weight is 277 g/mol. The number of nitrogens with two attached hydrogens (primary N) is 1. The van der Waals surface area contributed by atoms with E-state index in [4.69, 9.17) is 15.6 Å². The van der Waals surface area contributed by atoms with Gasteiger partial charge >= 0.3 is 0 Å². The molecule has 2 saturated carbocycles. The summed E-state index contributed by atoms with van der Waals surface area (Å²) in [6, 6.07) is 2.81. The average Bonchev–Trinajstić information content (AvgIpc) is 3.19. The lowest BCUT2D eigenvalue weighted by molar-refractivity contribution is 0.0623. The molecule has 2 atom stereocenters. The van der Waals surface area contributed by atoms with Gasteiger partial charge in [0.25, 0.3) is 0 Å². The van der Waals surface area contributed by atoms with Gasteiger partial charge in [-0.25, -0.2) is 0 Å². The maximum atomic E-state index is 6.31. The van der Waals surface area contributed by atoms with Gasteiger partial charge in [0.2, 0.25) is 0 Å². The van der Waals surface area contributed by atoms with Crippen molar-refractivity contribution in [1.82, 2.24) is 9.78 Å². The Balaban J connectivity index is 1.58. The summed E-state index contributed by atoms with van der Waals surface area (Å²) in [7, 11) is 1.78. The largest absolute Gasteiger partial charge is 0.380 e. The van der Waals surface area contributed by atoms with Crippen LogP contribution in [0, 0.1) is 5.92 Å². The first-order valence-corrected chi connectivity index (χ1v) is 8.10. The first-order chi connectivity index (χ1) is 9.78. The Kier molecular flexibility index (Phi) is 4.41. The molecule has 0 saturated heterocycles. The minimum atomic E-state index is 0.0715. The van der Waals surface area contributed by atoms with Crippen LogP contribution in [0.4, 0.5) is 0 Å². The molecule has 0 spiro atoms. The standard InChI is InChI=1S/C16H27N3O/c1-20-16(12-7-8-12)15(17)11-13-9-10-19(18-13)14-5-3-2-4-6-14/h9-10,12,14-16H,2-8,11,17H2,1H3. The zero-order chi connectivity index (χ0) is 13.9. The van der Waals surface area contributed by atoms with E-state index in [0.717, 1.165) is 12.1 Å². The summed E-state index contributed by atoms with van der Waals surface area (Å²) >= 11 is 0. The lowest BCUT2D eigenvalue weighted by Crippen LogP contribution is -2.39. The molecular formula is C16H27N3O. The van der Waals surface area contributed by atoms with E-state index >= 15 is 0 Å². The maximum absolute atomic E-state index is 6.31. The van der Waals surface area contributed by atoms with Gasteiger partial charge in [-0.3, -0.25) is 4.68 Å². The fourth-order valence-electron chi connectivity index (χ4n) is 3.53. The molecule has 1 aromatic heterocycles. The van der Waals surface area contributed by atoms with Crippen LogP contribution in [0.1, 0.15) is 56.7 Å². The molecule has 20 heavy (non-hydrogen) atoms. The van der Waals surface area contributed by atoms with E-state index in [1.165, 1.54) is 44.9 Å². The van der Waals surface area contributed by atoms with Crippen LogP contribution >= 0.6 is 0 Å². The Bertz CT molecular complexity index is 421. The number of hydrogen-bond acceptors (Lipinski definition) is 3. The fourth-order valence-corrected chi connectivity index (χ4v) is 3.53. The Hall–Kier alpha value is -0.870. The third-order valence-corrected chi connectivity index (χ3v) is 4.84. The summed E-state index contributed by atoms with van der Waals surface area (Å²) in [5.41, 5.74) is 7.43. The van der Waals surface area contributed by atoms with Crippen LogP contribution in [0.25, 0.3) is 0 Å². The molecule has 2 fully saturated rings. The summed E-state index contributed by atoms with van der Waals surface area (Å²) in [5.74, 6) is 0.676. The second-order valence-electron chi connectivity index (χ2n) is 6.48. The van der Waals surface area contributed by atoms with Crippen LogP contribution in [0.15, 0.2) is 12.3 Å². The van der Waals surface area contributed by atoms with Crippen molar-refractivity contribution in [2.75, 3.05) is 7.11 Å². The Labute approximate surface area is 121 Å². The summed E-state index contributed by atoms with van der Waals surface area (Å²) in [4.78, 5) is 0. The van der Waals surface area contributed by atoms with Crippen LogP contribution in [-0.2, 0) is 11.2 Å². The number of aromatic nitrogens is 2. The molecule has 112 valence electrons. The molecule has 0 aliphatic heterocycles. The highest BCUT2D eigenvalue weighted by Crippen LogP contribution is 2.35. The highest BCUT2D eigenvalue weighted by atomic mass is 16.5. The lowest BCUT2D eigenvalue weighted by atomic mass is 9.96. The summed E-state index contributed by atoms with van der Waals surface area (Å²) in [5, 5.41) is 4.75. The predicted molar refractivity (Wildman–Crippen MR) is 79.5 cm³/mol. The van der Waals surface area contributed by atoms with E-state index in [-0.39, 0.29) is 12.1 Å². The minimum absolute atomic E-state index is 0.0715. The number of hydrogen-bond donors (Lipinski definition) is 1. The van der Waals surface area contributed by atoms with Gasteiger partial charge in [-0.1, -0.05) is 19.3 Å². The van der Waals surface area contributed by atoms with Crippen molar-refractivity contribution < 1.29 is 4.74 Å². The van der Waals surface area contributed by atoms with E-state index in [1.54, 1.807) is 7.11 Å². The Morgan fingerprint density at radius 1 is 1.30 bits per heavy atom. The fraction of sp³-hybridized carbons (Fsp3) is 0.812. The molecule has 0 aromatic carbocycles. The van der Waals surface area contributed by atoms with Gasteiger partial charge in [0, 0.05) is 25.8 Å². The van der Waals surface area contributed by atoms with Crippen molar-refractivity contribution in [2.24, 2.45) is 11.7 Å². The van der Waals surface area contributed by atoms with Crippen molar-refractivity contribution >= 4 is 0 Å². The van der Waals surface area contributed by atoms with Crippen molar-refractivity contribution in [3.63, 3.8) is 0 Å². The van der Waals surface area contributed by atoms with E-state index < -0.39 is 0 Å². The third kappa shape index (κ3) is 3.23. The quantitative estimate of drug-likeness (QED) is 0.869. The SMILES string of the molecule is COC(C(N)Cc1ccn(C2CCCCC2)n1)C1CC1. The Morgan fingerprint density at radius 3 is 2.70 bits per heavy atom. The lowest BCUT2D eigenvalue weighted by Gasteiger charge is -2.23. The minimum Gasteiger partial charge on any atom is -0.380 e. The molecule has 2 aliphatic rings. The molecule has 4 nitrogen and oxygen atoms in total. The summed E-state index contributed by atoms with van der Waals surface area (Å²) in [6.45, 7) is 0. The van der Waals surface area contributed by atoms with Gasteiger partial charge in [-0.15, -0.1) is 0 Å². The molecule has 1 heterocycles. The molecule has 3 rings (SSSR count). The number of methoxy groups -OCH3 is 1. The molecule has 2 aliphatic carbocycles. The van der Waals surface area contributed by atoms with Gasteiger partial charge in [0.1, 0.15) is 0 Å². The summed E-state index contributed by atoms with van der Waals surface area (Å²) in [6.07, 6.45) is 12.3. The van der Waals surface area contributed by atoms with Gasteiger partial charge in [0.15, 0.2) is 0 Å². The number of ether oxygens (including phenoxy) is 1. The predicted octanol–water partition coefficient (Wildman–Crippen LogP) is 2.68. The number of nitrogens with zero attached hydrogens (tertiary/aromatic N) is 2. The van der Waals surface area contributed by atoms with Crippen LogP contribution in [0.2, 0.25) is 0 Å². The highest BCUT2D eigenvalue weighted by Gasteiger charge is 2.35. The van der Waals surface area contributed by atoms with Gasteiger partial charge in [-0.05, 0) is 37.7 Å². The topological polar surface area (TPSA) is 53.1 Å². The van der Waals surface area contributed by atoms with E-state index in [1.807, 2.05) is 0 Å². The highest BCUT2D eigenvalue weighted by molar-refractivity contribution is 5.04. The molecule has 4 heteroatoms. The van der Waals surface area contributed by atoms with Gasteiger partial charge in [0.05, 0.1) is 17.8 Å². The van der Waals surface area contributed by atoms with Crippen molar-refractivity contribution in [3.8, 4) is 0 Å². The van der Waals surface area contributed by atoms with Gasteiger partial charge < -0.3 is 10.5 Å². The monoisotopic (exact) mass is 277 g/mol. The zero-order valence-electron chi connectivity index (χ0n) is 12.5. The zero-order valence-corrected chi connectivity index (χ0v) is 12.5. The first-order valence-electron chi connectivity index (χ1n) is 8.10. The second kappa shape index (κ2) is 6.27. The second-order valence-corrected chi connectivity index (χ2v) is 6.48. The molecule has 2 N–H and O–H groups in total. The smallest absolute Gasteiger partial charge is 0.0754 e. The first kappa shape index (κ1) is 14.1. The normalized spacial score (nSPS) is 23.7. The molecule has 0 bridgehead atoms. The van der Waals surface area contributed by atoms with Crippen LogP contribution in [0.3, 0.4) is 0 Å².